The molecule has 1 N–H and O–H groups in total. The van der Waals surface area contributed by atoms with E-state index in [1.165, 1.54) is 16.7 Å². The molecule has 0 spiro atoms. The van der Waals surface area contributed by atoms with E-state index in [4.69, 9.17) is 0 Å². The molecule has 72 valence electrons. The smallest absolute Gasteiger partial charge is 0.0764 e. The first-order valence-electron chi connectivity index (χ1n) is 4.84. The highest BCUT2D eigenvalue weighted by Crippen LogP contribution is 2.22. The number of aliphatic hydroxyl groups excluding tert-OH is 1. The van der Waals surface area contributed by atoms with Crippen LogP contribution in [0.2, 0.25) is 0 Å². The van der Waals surface area contributed by atoms with Crippen molar-refractivity contribution in [1.82, 2.24) is 0 Å². The van der Waals surface area contributed by atoms with Crippen LogP contribution in [0.25, 0.3) is 0 Å². The highest BCUT2D eigenvalue weighted by molar-refractivity contribution is 5.38. The van der Waals surface area contributed by atoms with Crippen molar-refractivity contribution in [3.63, 3.8) is 0 Å². The van der Waals surface area contributed by atoms with Crippen molar-refractivity contribution in [2.45, 2.75) is 40.2 Å². The van der Waals surface area contributed by atoms with E-state index < -0.39 is 0 Å². The van der Waals surface area contributed by atoms with Crippen LogP contribution in [0.5, 0.6) is 0 Å². The number of rotatable bonds is 2. The Balaban J connectivity index is 3.25. The number of aliphatic hydroxyl groups is 1. The molecule has 1 nitrogen and oxygen atoms in total. The molecule has 0 radical (unpaired) electrons. The van der Waals surface area contributed by atoms with Gasteiger partial charge in [-0.05, 0) is 49.4 Å². The van der Waals surface area contributed by atoms with Crippen molar-refractivity contribution in [3.05, 3.63) is 34.4 Å². The number of hydrogen-bond donors (Lipinski definition) is 1. The third-order valence-electron chi connectivity index (χ3n) is 2.63. The molecular weight excluding hydrogens is 160 g/mol. The van der Waals surface area contributed by atoms with Gasteiger partial charge in [0.1, 0.15) is 0 Å². The van der Waals surface area contributed by atoms with Crippen LogP contribution in [0.4, 0.5) is 0 Å². The monoisotopic (exact) mass is 178 g/mol. The fourth-order valence-corrected chi connectivity index (χ4v) is 1.60. The summed E-state index contributed by atoms with van der Waals surface area (Å²) in [5, 5.41) is 9.55. The van der Waals surface area contributed by atoms with E-state index in [9.17, 15) is 5.11 Å². The fourth-order valence-electron chi connectivity index (χ4n) is 1.60. The zero-order chi connectivity index (χ0) is 10.0. The summed E-state index contributed by atoms with van der Waals surface area (Å²) in [7, 11) is 0. The minimum Gasteiger partial charge on any atom is -0.389 e. The summed E-state index contributed by atoms with van der Waals surface area (Å²) in [4.78, 5) is 0. The van der Waals surface area contributed by atoms with Gasteiger partial charge in [-0.3, -0.25) is 0 Å². The molecule has 1 atom stereocenters. The lowest BCUT2D eigenvalue weighted by molar-refractivity contribution is 0.198. The van der Waals surface area contributed by atoms with E-state index in [0.29, 0.717) is 0 Å². The molecule has 0 amide bonds. The lowest BCUT2D eigenvalue weighted by Gasteiger charge is -2.13. The van der Waals surface area contributed by atoms with Crippen molar-refractivity contribution < 1.29 is 5.11 Å². The third-order valence-corrected chi connectivity index (χ3v) is 2.63. The largest absolute Gasteiger partial charge is 0.389 e. The zero-order valence-electron chi connectivity index (χ0n) is 8.89. The molecule has 0 saturated carbocycles. The molecule has 1 unspecified atom stereocenters. The summed E-state index contributed by atoms with van der Waals surface area (Å²) >= 11 is 0. The van der Waals surface area contributed by atoms with Crippen LogP contribution in [0.1, 0.15) is 42.2 Å². The van der Waals surface area contributed by atoms with Gasteiger partial charge in [-0.25, -0.2) is 0 Å². The number of aryl methyl sites for hydroxylation is 2. The third kappa shape index (κ3) is 2.10. The first kappa shape index (κ1) is 10.3. The van der Waals surface area contributed by atoms with Crippen LogP contribution in [-0.4, -0.2) is 5.11 Å². The summed E-state index contributed by atoms with van der Waals surface area (Å²) in [5.74, 6) is 0. The molecule has 1 aromatic rings. The highest BCUT2D eigenvalue weighted by atomic mass is 16.3. The predicted octanol–water partition coefficient (Wildman–Crippen LogP) is 2.92. The molecule has 1 aromatic carbocycles. The Morgan fingerprint density at radius 3 is 2.38 bits per heavy atom. The predicted molar refractivity (Wildman–Crippen MR) is 55.9 cm³/mol. The summed E-state index contributed by atoms with van der Waals surface area (Å²) in [6.45, 7) is 8.12. The van der Waals surface area contributed by atoms with Crippen molar-refractivity contribution in [2.24, 2.45) is 0 Å². The van der Waals surface area contributed by atoms with Gasteiger partial charge in [0.2, 0.25) is 0 Å². The molecule has 0 aliphatic rings. The van der Waals surface area contributed by atoms with Gasteiger partial charge in [0, 0.05) is 0 Å². The topological polar surface area (TPSA) is 20.2 Å². The first-order chi connectivity index (χ1) is 6.06. The van der Waals surface area contributed by atoms with Gasteiger partial charge >= 0.3 is 0 Å². The van der Waals surface area contributed by atoms with E-state index in [1.807, 2.05) is 6.92 Å². The lowest BCUT2D eigenvalue weighted by Crippen LogP contribution is -1.99. The van der Waals surface area contributed by atoms with Crippen molar-refractivity contribution in [2.75, 3.05) is 0 Å². The maximum atomic E-state index is 9.55. The summed E-state index contributed by atoms with van der Waals surface area (Å²) in [6, 6.07) is 4.30. The Labute approximate surface area is 80.4 Å². The Hall–Kier alpha value is -0.820. The molecule has 0 aliphatic carbocycles. The second-order valence-corrected chi connectivity index (χ2v) is 3.66. The van der Waals surface area contributed by atoms with Gasteiger partial charge in [-0.15, -0.1) is 0 Å². The number of hydrogen-bond acceptors (Lipinski definition) is 1. The normalized spacial score (nSPS) is 13.0. The van der Waals surface area contributed by atoms with E-state index >= 15 is 0 Å². The van der Waals surface area contributed by atoms with Crippen LogP contribution in [-0.2, 0) is 6.42 Å². The molecule has 1 rings (SSSR count). The van der Waals surface area contributed by atoms with Gasteiger partial charge in [0.05, 0.1) is 6.10 Å². The lowest BCUT2D eigenvalue weighted by atomic mass is 9.96. The van der Waals surface area contributed by atoms with E-state index in [2.05, 4.69) is 32.9 Å². The van der Waals surface area contributed by atoms with E-state index in [0.717, 1.165) is 12.0 Å². The molecule has 0 aromatic heterocycles. The van der Waals surface area contributed by atoms with Gasteiger partial charge in [0.15, 0.2) is 0 Å². The molecule has 1 heteroatoms. The average molecular weight is 178 g/mol. The zero-order valence-corrected chi connectivity index (χ0v) is 8.89. The van der Waals surface area contributed by atoms with Gasteiger partial charge in [0.25, 0.3) is 0 Å². The second kappa shape index (κ2) is 3.93. The van der Waals surface area contributed by atoms with Crippen molar-refractivity contribution in [3.8, 4) is 0 Å². The first-order valence-corrected chi connectivity index (χ1v) is 4.84. The van der Waals surface area contributed by atoms with Crippen molar-refractivity contribution in [1.29, 1.82) is 0 Å². The summed E-state index contributed by atoms with van der Waals surface area (Å²) < 4.78 is 0. The molecule has 0 aliphatic heterocycles. The highest BCUT2D eigenvalue weighted by Gasteiger charge is 2.07. The average Bonchev–Trinajstić information content (AvgIpc) is 2.09. The SMILES string of the molecule is CCc1cc(C)c(C)c(C(C)O)c1. The molecule has 0 saturated heterocycles. The molecule has 13 heavy (non-hydrogen) atoms. The van der Waals surface area contributed by atoms with E-state index in [1.54, 1.807) is 0 Å². The standard InChI is InChI=1S/C12H18O/c1-5-11-6-8(2)9(3)12(7-11)10(4)13/h6-7,10,13H,5H2,1-4H3. The molecule has 0 heterocycles. The summed E-state index contributed by atoms with van der Waals surface area (Å²) in [6.07, 6.45) is 0.672. The molecular formula is C12H18O. The summed E-state index contributed by atoms with van der Waals surface area (Å²) in [5.41, 5.74) is 4.86. The Bertz CT molecular complexity index is 300. The van der Waals surface area contributed by atoms with Crippen molar-refractivity contribution >= 4 is 0 Å². The minimum atomic E-state index is -0.356. The van der Waals surface area contributed by atoms with E-state index in [-0.39, 0.29) is 6.10 Å². The van der Waals surface area contributed by atoms with Crippen LogP contribution in [0, 0.1) is 13.8 Å². The number of benzene rings is 1. The van der Waals surface area contributed by atoms with Gasteiger partial charge in [-0.2, -0.15) is 0 Å². The quantitative estimate of drug-likeness (QED) is 0.738. The fraction of sp³-hybridized carbons (Fsp3) is 0.500. The molecule has 0 fully saturated rings. The van der Waals surface area contributed by atoms with Crippen LogP contribution in [0.3, 0.4) is 0 Å². The van der Waals surface area contributed by atoms with Crippen LogP contribution in [0.15, 0.2) is 12.1 Å². The Morgan fingerprint density at radius 2 is 1.92 bits per heavy atom. The Kier molecular flexibility index (Phi) is 3.10. The maximum Gasteiger partial charge on any atom is 0.0764 e. The molecule has 0 bridgehead atoms. The second-order valence-electron chi connectivity index (χ2n) is 3.66. The van der Waals surface area contributed by atoms with Gasteiger partial charge in [-0.1, -0.05) is 19.1 Å². The van der Waals surface area contributed by atoms with Crippen LogP contribution >= 0.6 is 0 Å². The Morgan fingerprint density at radius 1 is 1.31 bits per heavy atom. The van der Waals surface area contributed by atoms with Crippen LogP contribution < -0.4 is 0 Å². The van der Waals surface area contributed by atoms with Gasteiger partial charge < -0.3 is 5.11 Å². The maximum absolute atomic E-state index is 9.55. The minimum absolute atomic E-state index is 0.356.